The van der Waals surface area contributed by atoms with Crippen molar-refractivity contribution < 1.29 is 9.59 Å². The number of thioether (sulfide) groups is 1. The van der Waals surface area contributed by atoms with Crippen molar-refractivity contribution in [1.82, 2.24) is 5.32 Å². The maximum absolute atomic E-state index is 12.6. The molecule has 0 radical (unpaired) electrons. The number of carbonyl (C=O) groups is 2. The van der Waals surface area contributed by atoms with Gasteiger partial charge in [0, 0.05) is 16.1 Å². The first-order valence-corrected chi connectivity index (χ1v) is 9.46. The van der Waals surface area contributed by atoms with Gasteiger partial charge in [-0.1, -0.05) is 43.3 Å². The Morgan fingerprint density at radius 2 is 2.07 bits per heavy atom. The minimum absolute atomic E-state index is 0.287. The first-order chi connectivity index (χ1) is 12.6. The Labute approximate surface area is 167 Å². The number of amides is 2. The topological polar surface area (TPSA) is 106 Å². The summed E-state index contributed by atoms with van der Waals surface area (Å²) in [7, 11) is 0. The summed E-state index contributed by atoms with van der Waals surface area (Å²) in [4.78, 5) is 24.8. The molecule has 0 unspecified atom stereocenters. The molecule has 0 bridgehead atoms. The minimum atomic E-state index is -0.963. The SMILES string of the molecule is Cc1ccc(Cl)cc1NC(=O)[C@@H](C)SC1=C(C#N)C(C)(C)[C@H](C#N)C(=O)N1. The Kier molecular flexibility index (Phi) is 6.20. The van der Waals surface area contributed by atoms with E-state index in [1.54, 1.807) is 39.0 Å². The van der Waals surface area contributed by atoms with Gasteiger partial charge < -0.3 is 10.6 Å². The van der Waals surface area contributed by atoms with Gasteiger partial charge in [0.2, 0.25) is 11.8 Å². The number of benzene rings is 1. The minimum Gasteiger partial charge on any atom is -0.325 e. The summed E-state index contributed by atoms with van der Waals surface area (Å²) in [5.74, 6) is -1.72. The molecule has 1 aromatic carbocycles. The van der Waals surface area contributed by atoms with Crippen molar-refractivity contribution in [2.24, 2.45) is 11.3 Å². The van der Waals surface area contributed by atoms with Gasteiger partial charge in [-0.2, -0.15) is 10.5 Å². The van der Waals surface area contributed by atoms with Crippen LogP contribution in [0.1, 0.15) is 26.3 Å². The molecule has 6 nitrogen and oxygen atoms in total. The number of anilines is 1. The first-order valence-electron chi connectivity index (χ1n) is 8.20. The average Bonchev–Trinajstić information content (AvgIpc) is 2.57. The fraction of sp³-hybridized carbons (Fsp3) is 0.368. The molecular formula is C19H19ClN4O2S. The van der Waals surface area contributed by atoms with E-state index in [4.69, 9.17) is 11.6 Å². The zero-order chi connectivity index (χ0) is 20.4. The fourth-order valence-electron chi connectivity index (χ4n) is 2.71. The summed E-state index contributed by atoms with van der Waals surface area (Å²) >= 11 is 7.05. The summed E-state index contributed by atoms with van der Waals surface area (Å²) in [6, 6.07) is 9.24. The van der Waals surface area contributed by atoms with Crippen molar-refractivity contribution in [3.63, 3.8) is 0 Å². The third-order valence-electron chi connectivity index (χ3n) is 4.45. The van der Waals surface area contributed by atoms with E-state index in [1.807, 2.05) is 13.0 Å². The average molecular weight is 403 g/mol. The van der Waals surface area contributed by atoms with Crippen LogP contribution in [0.4, 0.5) is 5.69 Å². The molecule has 0 aromatic heterocycles. The molecule has 0 spiro atoms. The van der Waals surface area contributed by atoms with Gasteiger partial charge >= 0.3 is 0 Å². The molecule has 2 rings (SSSR count). The zero-order valence-corrected chi connectivity index (χ0v) is 17.0. The molecule has 1 aliphatic rings. The lowest BCUT2D eigenvalue weighted by Gasteiger charge is -2.35. The Balaban J connectivity index is 2.24. The molecule has 0 aliphatic carbocycles. The maximum atomic E-state index is 12.6. The molecule has 2 atom stereocenters. The zero-order valence-electron chi connectivity index (χ0n) is 15.4. The van der Waals surface area contributed by atoms with E-state index in [9.17, 15) is 20.1 Å². The second-order valence-corrected chi connectivity index (χ2v) is 8.59. The van der Waals surface area contributed by atoms with Crippen molar-refractivity contribution in [2.75, 3.05) is 5.32 Å². The van der Waals surface area contributed by atoms with Crippen molar-refractivity contribution in [3.05, 3.63) is 39.4 Å². The van der Waals surface area contributed by atoms with Gasteiger partial charge in [-0.05, 0) is 31.5 Å². The Morgan fingerprint density at radius 3 is 2.67 bits per heavy atom. The number of hydrogen-bond donors (Lipinski definition) is 2. The number of carbonyl (C=O) groups excluding carboxylic acids is 2. The predicted molar refractivity (Wildman–Crippen MR) is 106 cm³/mol. The molecular weight excluding hydrogens is 384 g/mol. The summed E-state index contributed by atoms with van der Waals surface area (Å²) in [6.45, 7) is 6.89. The van der Waals surface area contributed by atoms with E-state index >= 15 is 0 Å². The summed E-state index contributed by atoms with van der Waals surface area (Å²) < 4.78 is 0. The molecule has 27 heavy (non-hydrogen) atoms. The third kappa shape index (κ3) is 4.27. The van der Waals surface area contributed by atoms with Gasteiger partial charge in [-0.3, -0.25) is 9.59 Å². The second-order valence-electron chi connectivity index (χ2n) is 6.80. The van der Waals surface area contributed by atoms with E-state index in [0.717, 1.165) is 17.3 Å². The normalized spacial score (nSPS) is 19.5. The number of nitriles is 2. The molecule has 1 aromatic rings. The Morgan fingerprint density at radius 1 is 1.41 bits per heavy atom. The van der Waals surface area contributed by atoms with Gasteiger partial charge in [0.25, 0.3) is 0 Å². The smallest absolute Gasteiger partial charge is 0.243 e. The highest BCUT2D eigenvalue weighted by atomic mass is 35.5. The number of aryl methyl sites for hydroxylation is 1. The lowest BCUT2D eigenvalue weighted by Crippen LogP contribution is -2.45. The highest BCUT2D eigenvalue weighted by Gasteiger charge is 2.45. The van der Waals surface area contributed by atoms with Gasteiger partial charge in [0.1, 0.15) is 5.92 Å². The fourth-order valence-corrected chi connectivity index (χ4v) is 3.99. The second kappa shape index (κ2) is 8.04. The maximum Gasteiger partial charge on any atom is 0.243 e. The van der Waals surface area contributed by atoms with Crippen LogP contribution in [0.15, 0.2) is 28.8 Å². The van der Waals surface area contributed by atoms with Crippen LogP contribution in [0, 0.1) is 40.9 Å². The van der Waals surface area contributed by atoms with Crippen LogP contribution in [0.2, 0.25) is 5.02 Å². The van der Waals surface area contributed by atoms with E-state index < -0.39 is 22.5 Å². The first kappa shape index (κ1) is 20.8. The van der Waals surface area contributed by atoms with Crippen LogP contribution in [-0.2, 0) is 9.59 Å². The van der Waals surface area contributed by atoms with Crippen LogP contribution in [0.5, 0.6) is 0 Å². The Bertz CT molecular complexity index is 911. The highest BCUT2D eigenvalue weighted by Crippen LogP contribution is 2.42. The molecule has 1 aliphatic heterocycles. The summed E-state index contributed by atoms with van der Waals surface area (Å²) in [5, 5.41) is 24.5. The molecule has 8 heteroatoms. The highest BCUT2D eigenvalue weighted by molar-refractivity contribution is 8.04. The van der Waals surface area contributed by atoms with Gasteiger partial charge in [0.15, 0.2) is 0 Å². The van der Waals surface area contributed by atoms with Crippen LogP contribution in [-0.4, -0.2) is 17.1 Å². The van der Waals surface area contributed by atoms with Crippen molar-refractivity contribution in [1.29, 1.82) is 10.5 Å². The lowest BCUT2D eigenvalue weighted by molar-refractivity contribution is -0.125. The summed E-state index contributed by atoms with van der Waals surface area (Å²) in [6.07, 6.45) is 0. The standard InChI is InChI=1S/C19H19ClN4O2S/c1-10-5-6-12(20)7-15(10)23-16(25)11(2)27-18-14(9-22)19(3,4)13(8-21)17(26)24-18/h5-7,11,13H,1-4H3,(H,23,25)(H,24,26)/t11-,13-/m1/s1. The quantitative estimate of drug-likeness (QED) is 0.797. The number of hydrogen-bond acceptors (Lipinski definition) is 5. The monoisotopic (exact) mass is 402 g/mol. The lowest BCUT2D eigenvalue weighted by atomic mass is 9.72. The van der Waals surface area contributed by atoms with Crippen molar-refractivity contribution in [2.45, 2.75) is 32.9 Å². The summed E-state index contributed by atoms with van der Waals surface area (Å²) in [5.41, 5.74) is 0.823. The van der Waals surface area contributed by atoms with Gasteiger partial charge in [-0.25, -0.2) is 0 Å². The van der Waals surface area contributed by atoms with Crippen molar-refractivity contribution >= 4 is 40.9 Å². The molecule has 1 heterocycles. The molecule has 0 saturated heterocycles. The molecule has 140 valence electrons. The predicted octanol–water partition coefficient (Wildman–Crippen LogP) is 3.74. The number of nitrogens with zero attached hydrogens (tertiary/aromatic N) is 2. The Hall–Kier alpha value is -2.48. The van der Waals surface area contributed by atoms with Crippen LogP contribution < -0.4 is 10.6 Å². The van der Waals surface area contributed by atoms with Gasteiger partial charge in [0.05, 0.1) is 28.0 Å². The van der Waals surface area contributed by atoms with E-state index in [2.05, 4.69) is 16.7 Å². The number of nitrogens with one attached hydrogen (secondary N) is 2. The van der Waals surface area contributed by atoms with Crippen LogP contribution >= 0.6 is 23.4 Å². The molecule has 2 N–H and O–H groups in total. The number of rotatable bonds is 4. The third-order valence-corrected chi connectivity index (χ3v) is 5.80. The van der Waals surface area contributed by atoms with Crippen LogP contribution in [0.3, 0.4) is 0 Å². The van der Waals surface area contributed by atoms with Crippen molar-refractivity contribution in [3.8, 4) is 12.1 Å². The van der Waals surface area contributed by atoms with E-state index in [0.29, 0.717) is 15.7 Å². The molecule has 0 fully saturated rings. The molecule has 2 amide bonds. The number of allylic oxidation sites excluding steroid dienone is 1. The number of halogens is 1. The van der Waals surface area contributed by atoms with Crippen LogP contribution in [0.25, 0.3) is 0 Å². The molecule has 0 saturated carbocycles. The van der Waals surface area contributed by atoms with E-state index in [1.165, 1.54) is 0 Å². The van der Waals surface area contributed by atoms with Gasteiger partial charge in [-0.15, -0.1) is 0 Å². The van der Waals surface area contributed by atoms with E-state index in [-0.39, 0.29) is 11.5 Å². The largest absolute Gasteiger partial charge is 0.325 e.